The van der Waals surface area contributed by atoms with Gasteiger partial charge in [-0.15, -0.1) is 0 Å². The quantitative estimate of drug-likeness (QED) is 0.186. The Morgan fingerprint density at radius 2 is 1.16 bits per heavy atom. The fourth-order valence-corrected chi connectivity index (χ4v) is 7.35. The van der Waals surface area contributed by atoms with Gasteiger partial charge in [-0.25, -0.2) is 9.67 Å². The molecule has 9 rings (SSSR count). The molecule has 0 fully saturated rings. The van der Waals surface area contributed by atoms with Crippen LogP contribution < -0.4 is 4.74 Å². The summed E-state index contributed by atoms with van der Waals surface area (Å²) in [5.74, 6) is 2.37. The number of fused-ring (bicyclic) bond motifs is 6. The molecule has 6 nitrogen and oxygen atoms in total. The molecule has 4 heterocycles. The van der Waals surface area contributed by atoms with Crippen molar-refractivity contribution < 1.29 is 4.74 Å². The van der Waals surface area contributed by atoms with E-state index in [1.807, 2.05) is 17.8 Å². The fraction of sp³-hybridized carbons (Fsp3) is 0.136. The average molecular weight is 652 g/mol. The number of nitrogens with zero attached hydrogens (tertiary/aromatic N) is 5. The van der Waals surface area contributed by atoms with Gasteiger partial charge in [0.25, 0.3) is 0 Å². The molecule has 0 N–H and O–H groups in total. The van der Waals surface area contributed by atoms with Gasteiger partial charge in [-0.05, 0) is 79.4 Å². The van der Waals surface area contributed by atoms with Gasteiger partial charge in [-0.3, -0.25) is 4.57 Å². The lowest BCUT2D eigenvalue weighted by Gasteiger charge is -2.22. The highest BCUT2D eigenvalue weighted by molar-refractivity contribution is 6.10. The van der Waals surface area contributed by atoms with Crippen molar-refractivity contribution in [3.05, 3.63) is 151 Å². The third-order valence-electron chi connectivity index (χ3n) is 9.69. The third kappa shape index (κ3) is 4.86. The van der Waals surface area contributed by atoms with Crippen LogP contribution >= 0.6 is 0 Å². The van der Waals surface area contributed by atoms with Gasteiger partial charge in [0.05, 0.1) is 39.1 Å². The first-order valence-electron chi connectivity index (χ1n) is 17.1. The largest absolute Gasteiger partial charge is 0.457 e. The molecule has 0 aliphatic heterocycles. The Balaban J connectivity index is 1.20. The van der Waals surface area contributed by atoms with E-state index >= 15 is 0 Å². The van der Waals surface area contributed by atoms with Crippen molar-refractivity contribution in [2.45, 2.75) is 40.0 Å². The molecular formula is C44H37N5O. The molecule has 0 saturated carbocycles. The molecule has 9 aromatic rings. The second-order valence-electron chi connectivity index (χ2n) is 14.2. The van der Waals surface area contributed by atoms with Gasteiger partial charge in [0.1, 0.15) is 17.3 Å². The van der Waals surface area contributed by atoms with Crippen LogP contribution in [-0.4, -0.2) is 23.9 Å². The molecule has 0 aliphatic rings. The van der Waals surface area contributed by atoms with E-state index in [0.717, 1.165) is 56.5 Å². The summed E-state index contributed by atoms with van der Waals surface area (Å²) in [5, 5.41) is 9.54. The van der Waals surface area contributed by atoms with Crippen LogP contribution in [0.4, 0.5) is 0 Å². The van der Waals surface area contributed by atoms with Crippen LogP contribution in [0.2, 0.25) is 0 Å². The molecule has 5 aromatic carbocycles. The summed E-state index contributed by atoms with van der Waals surface area (Å²) < 4.78 is 13.3. The van der Waals surface area contributed by atoms with E-state index in [9.17, 15) is 0 Å². The predicted octanol–water partition coefficient (Wildman–Crippen LogP) is 11.2. The predicted molar refractivity (Wildman–Crippen MR) is 205 cm³/mol. The van der Waals surface area contributed by atoms with Crippen LogP contribution in [0.5, 0.6) is 11.5 Å². The van der Waals surface area contributed by atoms with Gasteiger partial charge in [0.2, 0.25) is 0 Å². The standard InChI is InChI=1S/C44H37N5O/c1-28-22-29(2)49(46-28)32-23-30(44(3,4)5)24-34(25-32)50-33-18-19-38-37-14-8-11-17-41(37)48(42(38)27-33)43-26-31(20-21-45-43)47-39-15-9-6-12-35(39)36-13-7-10-16-40(36)47/h6-27H,1-5H3. The Hall–Kier alpha value is -6.14. The van der Waals surface area contributed by atoms with E-state index in [-0.39, 0.29) is 5.41 Å². The van der Waals surface area contributed by atoms with Crippen LogP contribution in [-0.2, 0) is 5.41 Å². The zero-order valence-electron chi connectivity index (χ0n) is 28.8. The van der Waals surface area contributed by atoms with Crippen molar-refractivity contribution in [1.82, 2.24) is 23.9 Å². The molecule has 0 radical (unpaired) electrons. The number of hydrogen-bond acceptors (Lipinski definition) is 3. The van der Waals surface area contributed by atoms with Crippen molar-refractivity contribution in [3.63, 3.8) is 0 Å². The molecule has 0 bridgehead atoms. The number of rotatable bonds is 5. The minimum absolute atomic E-state index is 0.0757. The van der Waals surface area contributed by atoms with E-state index in [1.165, 1.54) is 32.8 Å². The van der Waals surface area contributed by atoms with Crippen molar-refractivity contribution in [2.75, 3.05) is 0 Å². The van der Waals surface area contributed by atoms with Gasteiger partial charge in [-0.2, -0.15) is 5.10 Å². The lowest BCUT2D eigenvalue weighted by atomic mass is 9.86. The molecule has 0 atom stereocenters. The summed E-state index contributed by atoms with van der Waals surface area (Å²) in [7, 11) is 0. The van der Waals surface area contributed by atoms with E-state index in [2.05, 4.69) is 164 Å². The first kappa shape index (κ1) is 30.0. The minimum Gasteiger partial charge on any atom is -0.457 e. The summed E-state index contributed by atoms with van der Waals surface area (Å²) in [6.45, 7) is 10.8. The van der Waals surface area contributed by atoms with Crippen molar-refractivity contribution >= 4 is 43.6 Å². The zero-order valence-corrected chi connectivity index (χ0v) is 28.8. The monoisotopic (exact) mass is 651 g/mol. The van der Waals surface area contributed by atoms with Gasteiger partial charge in [0, 0.05) is 51.6 Å². The lowest BCUT2D eigenvalue weighted by Crippen LogP contribution is -2.12. The Bertz CT molecular complexity index is 2700. The van der Waals surface area contributed by atoms with Gasteiger partial charge in [0.15, 0.2) is 0 Å². The molecule has 0 spiro atoms. The third-order valence-corrected chi connectivity index (χ3v) is 9.69. The van der Waals surface area contributed by atoms with Crippen LogP contribution in [0.1, 0.15) is 37.7 Å². The number of aromatic nitrogens is 5. The molecule has 0 saturated heterocycles. The van der Waals surface area contributed by atoms with Crippen LogP contribution in [0, 0.1) is 13.8 Å². The molecule has 4 aromatic heterocycles. The highest BCUT2D eigenvalue weighted by Gasteiger charge is 2.20. The Labute approximate surface area is 290 Å². The molecule has 50 heavy (non-hydrogen) atoms. The first-order valence-corrected chi connectivity index (χ1v) is 17.1. The second kappa shape index (κ2) is 11.2. The van der Waals surface area contributed by atoms with Crippen molar-refractivity contribution in [2.24, 2.45) is 0 Å². The fourth-order valence-electron chi connectivity index (χ4n) is 7.35. The summed E-state index contributed by atoms with van der Waals surface area (Å²) in [6.07, 6.45) is 1.91. The Morgan fingerprint density at radius 3 is 1.78 bits per heavy atom. The highest BCUT2D eigenvalue weighted by Crippen LogP contribution is 2.38. The van der Waals surface area contributed by atoms with Gasteiger partial charge >= 0.3 is 0 Å². The maximum Gasteiger partial charge on any atom is 0.139 e. The molecular weight excluding hydrogens is 615 g/mol. The summed E-state index contributed by atoms with van der Waals surface area (Å²) in [5.41, 5.74) is 9.67. The number of pyridine rings is 1. The van der Waals surface area contributed by atoms with Gasteiger partial charge < -0.3 is 9.30 Å². The lowest BCUT2D eigenvalue weighted by molar-refractivity contribution is 0.478. The molecule has 6 heteroatoms. The Morgan fingerprint density at radius 1 is 0.540 bits per heavy atom. The number of benzene rings is 5. The summed E-state index contributed by atoms with van der Waals surface area (Å²) in [6, 6.07) is 44.9. The van der Waals surface area contributed by atoms with Crippen LogP contribution in [0.25, 0.3) is 60.8 Å². The second-order valence-corrected chi connectivity index (χ2v) is 14.2. The Kier molecular flexibility index (Phi) is 6.71. The molecule has 0 amide bonds. The SMILES string of the molecule is Cc1cc(C)n(-c2cc(Oc3ccc4c5ccccc5n(-c5cc(-n6c7ccccc7c7ccccc76)ccn5)c4c3)cc(C(C)(C)C)c2)n1. The minimum atomic E-state index is -0.0757. The number of ether oxygens (including phenoxy) is 1. The zero-order chi connectivity index (χ0) is 34.1. The molecule has 0 unspecified atom stereocenters. The van der Waals surface area contributed by atoms with E-state index in [1.54, 1.807) is 0 Å². The van der Waals surface area contributed by atoms with Crippen LogP contribution in [0.3, 0.4) is 0 Å². The number of para-hydroxylation sites is 3. The van der Waals surface area contributed by atoms with Crippen molar-refractivity contribution in [3.8, 4) is 28.7 Å². The highest BCUT2D eigenvalue weighted by atomic mass is 16.5. The maximum absolute atomic E-state index is 6.72. The van der Waals surface area contributed by atoms with E-state index < -0.39 is 0 Å². The maximum atomic E-state index is 6.72. The normalized spacial score (nSPS) is 12.1. The number of hydrogen-bond donors (Lipinski definition) is 0. The van der Waals surface area contributed by atoms with E-state index in [0.29, 0.717) is 0 Å². The smallest absolute Gasteiger partial charge is 0.139 e. The van der Waals surface area contributed by atoms with Gasteiger partial charge in [-0.1, -0.05) is 75.4 Å². The van der Waals surface area contributed by atoms with E-state index in [4.69, 9.17) is 14.8 Å². The molecule has 0 aliphatic carbocycles. The topological polar surface area (TPSA) is 49.8 Å². The number of aryl methyl sites for hydroxylation is 2. The van der Waals surface area contributed by atoms with Crippen LogP contribution in [0.15, 0.2) is 134 Å². The first-order chi connectivity index (χ1) is 24.2. The molecule has 244 valence electrons. The van der Waals surface area contributed by atoms with Crippen molar-refractivity contribution in [1.29, 1.82) is 0 Å². The average Bonchev–Trinajstić information content (AvgIpc) is 3.75. The summed E-state index contributed by atoms with van der Waals surface area (Å²) in [4.78, 5) is 4.96. The summed E-state index contributed by atoms with van der Waals surface area (Å²) >= 11 is 0.